The molecule has 4 rings (SSSR count). The molecule has 1 N–H and O–H groups in total. The molecule has 0 aromatic heterocycles. The van der Waals surface area contributed by atoms with Crippen molar-refractivity contribution in [3.05, 3.63) is 83.4 Å². The van der Waals surface area contributed by atoms with Crippen LogP contribution in [0.5, 0.6) is 34.5 Å². The van der Waals surface area contributed by atoms with Crippen LogP contribution >= 0.6 is 0 Å². The van der Waals surface area contributed by atoms with E-state index in [1.165, 1.54) is 66.7 Å². The molecule has 1 aliphatic carbocycles. The van der Waals surface area contributed by atoms with Gasteiger partial charge < -0.3 is 52.5 Å². The van der Waals surface area contributed by atoms with Gasteiger partial charge in [-0.1, -0.05) is 18.2 Å². The van der Waals surface area contributed by atoms with Crippen LogP contribution in [0.15, 0.2) is 66.7 Å². The van der Waals surface area contributed by atoms with Gasteiger partial charge >= 0.3 is 59.7 Å². The van der Waals surface area contributed by atoms with Crippen molar-refractivity contribution in [3.8, 4) is 34.5 Å². The van der Waals surface area contributed by atoms with E-state index in [0.29, 0.717) is 5.56 Å². The topological polar surface area (TPSA) is 283 Å². The Morgan fingerprint density at radius 1 is 0.529 bits per heavy atom. The van der Waals surface area contributed by atoms with Crippen LogP contribution < -0.4 is 28.4 Å². The number of carbonyl (C=O) groups excluding carboxylic acids is 10. The predicted molar refractivity (Wildman–Crippen MR) is 229 cm³/mol. The van der Waals surface area contributed by atoms with E-state index >= 15 is 0 Å². The fourth-order valence-electron chi connectivity index (χ4n) is 6.50. The molecule has 0 radical (unpaired) electrons. The summed E-state index contributed by atoms with van der Waals surface area (Å²) in [4.78, 5) is 124. The van der Waals surface area contributed by atoms with E-state index in [9.17, 15) is 53.1 Å². The minimum absolute atomic E-state index is 0.0646. The van der Waals surface area contributed by atoms with Gasteiger partial charge in [-0.3, -0.25) is 33.6 Å². The van der Waals surface area contributed by atoms with Crippen LogP contribution in [0.2, 0.25) is 0 Å². The van der Waals surface area contributed by atoms with E-state index in [0.717, 1.165) is 60.8 Å². The number of hydrogen-bond donors (Lipinski definition) is 1. The standard InChI is InChI=1S/C47H46O21/c1-25(48)60-34-14-8-31(20-37(34)63-28(4)51)11-17-42(54)66-40-23-47(58,46(57)59-7)24-41(67-43(55)18-12-32-9-15-35(61-26(2)49)38(21-32)64-29(5)52)45(40)68-44(56)19-13-33-10-16-36(62-27(3)50)39(22-33)65-30(6)53/h8-11,13-17,19-22,40-41,45,58H,12,18,23-24H2,1-7H3/b17-11+,19-13+/t40-,41-,45-,47+/m1/s1. The van der Waals surface area contributed by atoms with Gasteiger partial charge in [-0.05, 0) is 71.7 Å². The van der Waals surface area contributed by atoms with Crippen LogP contribution in [-0.2, 0) is 73.3 Å². The maximum Gasteiger partial charge on any atom is 0.338 e. The maximum atomic E-state index is 13.6. The summed E-state index contributed by atoms with van der Waals surface area (Å²) in [6.07, 6.45) is -2.79. The van der Waals surface area contributed by atoms with Crippen LogP contribution in [0, 0.1) is 0 Å². The molecule has 1 saturated carbocycles. The monoisotopic (exact) mass is 946 g/mol. The molecule has 21 nitrogen and oxygen atoms in total. The molecular weight excluding hydrogens is 900 g/mol. The first kappa shape index (κ1) is 52.4. The Kier molecular flexibility index (Phi) is 18.4. The van der Waals surface area contributed by atoms with Crippen LogP contribution in [-0.4, -0.2) is 95.8 Å². The lowest BCUT2D eigenvalue weighted by Gasteiger charge is -2.42. The normalized spacial score (nSPS) is 17.5. The third kappa shape index (κ3) is 16.0. The fourth-order valence-corrected chi connectivity index (χ4v) is 6.50. The summed E-state index contributed by atoms with van der Waals surface area (Å²) in [6.45, 7) is 6.76. The van der Waals surface area contributed by atoms with Gasteiger partial charge in [0.05, 0.1) is 7.11 Å². The van der Waals surface area contributed by atoms with Crippen LogP contribution in [0.1, 0.15) is 77.5 Å². The first-order valence-electron chi connectivity index (χ1n) is 20.3. The summed E-state index contributed by atoms with van der Waals surface area (Å²) in [5.41, 5.74) is -1.60. The van der Waals surface area contributed by atoms with Crippen LogP contribution in [0.25, 0.3) is 12.2 Å². The third-order valence-corrected chi connectivity index (χ3v) is 9.09. The number of methoxy groups -OCH3 is 1. The second-order valence-corrected chi connectivity index (χ2v) is 14.8. The summed E-state index contributed by atoms with van der Waals surface area (Å²) in [7, 11) is 0.973. The molecule has 0 bridgehead atoms. The average molecular weight is 947 g/mol. The number of hydrogen-bond acceptors (Lipinski definition) is 21. The van der Waals surface area contributed by atoms with Crippen molar-refractivity contribution in [1.29, 1.82) is 0 Å². The van der Waals surface area contributed by atoms with Gasteiger partial charge in [0.15, 0.2) is 46.2 Å². The molecule has 1 aliphatic rings. The molecule has 360 valence electrons. The van der Waals surface area contributed by atoms with E-state index in [1.54, 1.807) is 0 Å². The molecule has 0 amide bonds. The zero-order valence-electron chi connectivity index (χ0n) is 37.7. The first-order valence-corrected chi connectivity index (χ1v) is 20.3. The highest BCUT2D eigenvalue weighted by Gasteiger charge is 2.55. The molecule has 4 atom stereocenters. The summed E-state index contributed by atoms with van der Waals surface area (Å²) >= 11 is 0. The molecule has 0 saturated heterocycles. The second-order valence-electron chi connectivity index (χ2n) is 14.8. The van der Waals surface area contributed by atoms with Crippen molar-refractivity contribution in [1.82, 2.24) is 0 Å². The Labute approximate surface area is 387 Å². The van der Waals surface area contributed by atoms with E-state index in [1.807, 2.05) is 0 Å². The SMILES string of the molecule is COC(=O)[C@]1(O)C[C@@H](OC(=O)/C=C/c2ccc(OC(C)=O)c(OC(C)=O)c2)[C@@H](OC(=O)/C=C/c2ccc(OC(C)=O)c(OC(C)=O)c2)[C@H](OC(=O)CCc2ccc(OC(C)=O)c(OC(C)=O)c2)C1. The number of aryl methyl sites for hydroxylation is 1. The Morgan fingerprint density at radius 3 is 1.34 bits per heavy atom. The Morgan fingerprint density at radius 2 is 0.912 bits per heavy atom. The van der Waals surface area contributed by atoms with Crippen LogP contribution in [0.3, 0.4) is 0 Å². The van der Waals surface area contributed by atoms with Crippen molar-refractivity contribution in [2.24, 2.45) is 0 Å². The van der Waals surface area contributed by atoms with Gasteiger partial charge in [-0.15, -0.1) is 0 Å². The van der Waals surface area contributed by atoms with Crippen molar-refractivity contribution in [3.63, 3.8) is 0 Å². The number of esters is 10. The van der Waals surface area contributed by atoms with Crippen molar-refractivity contribution in [2.45, 2.75) is 91.1 Å². The summed E-state index contributed by atoms with van der Waals surface area (Å²) in [5, 5.41) is 11.6. The molecule has 3 aromatic rings. The number of carbonyl (C=O) groups is 10. The summed E-state index contributed by atoms with van der Waals surface area (Å²) in [6, 6.07) is 12.1. The predicted octanol–water partition coefficient (Wildman–Crippen LogP) is 4.03. The number of rotatable bonds is 17. The van der Waals surface area contributed by atoms with Gasteiger partial charge in [0.2, 0.25) is 0 Å². The van der Waals surface area contributed by atoms with Gasteiger partial charge in [0.1, 0.15) is 12.2 Å². The van der Waals surface area contributed by atoms with Crippen molar-refractivity contribution >= 4 is 71.8 Å². The van der Waals surface area contributed by atoms with E-state index < -0.39 is 103 Å². The van der Waals surface area contributed by atoms with Crippen LogP contribution in [0.4, 0.5) is 0 Å². The lowest BCUT2D eigenvalue weighted by Crippen LogP contribution is -2.59. The highest BCUT2D eigenvalue weighted by Crippen LogP contribution is 2.37. The van der Waals surface area contributed by atoms with Gasteiger partial charge in [-0.25, -0.2) is 14.4 Å². The Balaban J connectivity index is 1.68. The van der Waals surface area contributed by atoms with E-state index in [2.05, 4.69) is 0 Å². The summed E-state index contributed by atoms with van der Waals surface area (Å²) in [5.74, 6) is -9.41. The number of ether oxygens (including phenoxy) is 10. The minimum Gasteiger partial charge on any atom is -0.467 e. The van der Waals surface area contributed by atoms with E-state index in [4.69, 9.17) is 47.4 Å². The summed E-state index contributed by atoms with van der Waals surface area (Å²) < 4.78 is 52.6. The quantitative estimate of drug-likeness (QED) is 0.0865. The highest BCUT2D eigenvalue weighted by molar-refractivity contribution is 5.89. The molecule has 21 heteroatoms. The van der Waals surface area contributed by atoms with Gasteiger partial charge in [0.25, 0.3) is 0 Å². The average Bonchev–Trinajstić information content (AvgIpc) is 3.23. The molecular formula is C47H46O21. The Hall–Kier alpha value is -8.20. The third-order valence-electron chi connectivity index (χ3n) is 9.09. The lowest BCUT2D eigenvalue weighted by molar-refractivity contribution is -0.213. The van der Waals surface area contributed by atoms with E-state index in [-0.39, 0.29) is 52.0 Å². The molecule has 0 spiro atoms. The molecule has 0 heterocycles. The molecule has 3 aromatic carbocycles. The molecule has 0 aliphatic heterocycles. The van der Waals surface area contributed by atoms with Crippen molar-refractivity contribution < 1.29 is 100 Å². The molecule has 68 heavy (non-hydrogen) atoms. The maximum absolute atomic E-state index is 13.6. The molecule has 0 unspecified atom stereocenters. The zero-order chi connectivity index (χ0) is 50.3. The highest BCUT2D eigenvalue weighted by atomic mass is 16.6. The van der Waals surface area contributed by atoms with Gasteiger partial charge in [0, 0.05) is 73.0 Å². The minimum atomic E-state index is -2.49. The Bertz CT molecular complexity index is 2540. The number of benzene rings is 3. The smallest absolute Gasteiger partial charge is 0.338 e. The second kappa shape index (κ2) is 23.8. The zero-order valence-corrected chi connectivity index (χ0v) is 37.7. The van der Waals surface area contributed by atoms with Gasteiger partial charge in [-0.2, -0.15) is 0 Å². The fraction of sp³-hybridized carbons (Fsp3) is 0.319. The van der Waals surface area contributed by atoms with Crippen molar-refractivity contribution in [2.75, 3.05) is 7.11 Å². The largest absolute Gasteiger partial charge is 0.467 e. The molecule has 1 fully saturated rings. The first-order chi connectivity index (χ1) is 32.0. The number of aliphatic hydroxyl groups is 1. The lowest BCUT2D eigenvalue weighted by atomic mass is 9.79.